The second kappa shape index (κ2) is 5.12. The van der Waals surface area contributed by atoms with Crippen LogP contribution in [0.3, 0.4) is 0 Å². The number of aryl methyl sites for hydroxylation is 2. The van der Waals surface area contributed by atoms with Crippen LogP contribution in [0.5, 0.6) is 0 Å². The number of hydrogen-bond donors (Lipinski definition) is 1. The molecule has 0 bridgehead atoms. The number of amides is 1. The largest absolute Gasteiger partial charge is 0.339 e. The smallest absolute Gasteiger partial charge is 0.271 e. The van der Waals surface area contributed by atoms with Crippen LogP contribution in [0.4, 0.5) is 0 Å². The maximum absolute atomic E-state index is 12.0. The summed E-state index contributed by atoms with van der Waals surface area (Å²) in [5, 5.41) is 4.25. The summed E-state index contributed by atoms with van der Waals surface area (Å²) >= 11 is 0. The van der Waals surface area contributed by atoms with Crippen molar-refractivity contribution in [1.82, 2.24) is 14.7 Å². The second-order valence-electron chi connectivity index (χ2n) is 4.16. The molecule has 0 saturated heterocycles. The number of nitrogens with two attached hydrogens (primary N) is 1. The molecule has 1 atom stereocenters. The van der Waals surface area contributed by atoms with Crippen molar-refractivity contribution in [2.75, 3.05) is 13.6 Å². The van der Waals surface area contributed by atoms with E-state index in [9.17, 15) is 4.79 Å². The molecule has 0 radical (unpaired) electrons. The molecule has 1 amide bonds. The SMILES string of the molecule is CCc1cc(C(=O)N(C)CC(C)N)n(C)n1. The van der Waals surface area contributed by atoms with Crippen molar-refractivity contribution in [1.29, 1.82) is 0 Å². The predicted molar refractivity (Wildman–Crippen MR) is 63.2 cm³/mol. The molecule has 0 aliphatic carbocycles. The van der Waals surface area contributed by atoms with Gasteiger partial charge < -0.3 is 10.6 Å². The quantitative estimate of drug-likeness (QED) is 0.805. The van der Waals surface area contributed by atoms with Crippen LogP contribution in [-0.2, 0) is 13.5 Å². The van der Waals surface area contributed by atoms with Crippen LogP contribution in [0, 0.1) is 0 Å². The van der Waals surface area contributed by atoms with E-state index < -0.39 is 0 Å². The van der Waals surface area contributed by atoms with Crippen molar-refractivity contribution in [3.8, 4) is 0 Å². The van der Waals surface area contributed by atoms with E-state index in [4.69, 9.17) is 5.73 Å². The van der Waals surface area contributed by atoms with Gasteiger partial charge in [-0.2, -0.15) is 5.10 Å². The Kier molecular flexibility index (Phi) is 4.06. The highest BCUT2D eigenvalue weighted by Crippen LogP contribution is 2.06. The monoisotopic (exact) mass is 224 g/mol. The predicted octanol–water partition coefficient (Wildman–Crippen LogP) is 0.402. The van der Waals surface area contributed by atoms with Crippen LogP contribution in [0.2, 0.25) is 0 Å². The highest BCUT2D eigenvalue weighted by atomic mass is 16.2. The fraction of sp³-hybridized carbons (Fsp3) is 0.636. The van der Waals surface area contributed by atoms with Gasteiger partial charge in [0.15, 0.2) is 0 Å². The number of nitrogens with zero attached hydrogens (tertiary/aromatic N) is 3. The Morgan fingerprint density at radius 2 is 2.31 bits per heavy atom. The van der Waals surface area contributed by atoms with Crippen molar-refractivity contribution in [2.45, 2.75) is 26.3 Å². The first kappa shape index (κ1) is 12.7. The summed E-state index contributed by atoms with van der Waals surface area (Å²) in [5.74, 6) is -0.0352. The average Bonchev–Trinajstić information content (AvgIpc) is 2.57. The fourth-order valence-corrected chi connectivity index (χ4v) is 1.61. The molecule has 0 spiro atoms. The lowest BCUT2D eigenvalue weighted by Crippen LogP contribution is -2.37. The first-order valence-electron chi connectivity index (χ1n) is 5.49. The van der Waals surface area contributed by atoms with Crippen molar-refractivity contribution in [2.24, 2.45) is 12.8 Å². The molecule has 2 N–H and O–H groups in total. The first-order valence-corrected chi connectivity index (χ1v) is 5.49. The summed E-state index contributed by atoms with van der Waals surface area (Å²) in [4.78, 5) is 13.7. The van der Waals surface area contributed by atoms with Gasteiger partial charge in [-0.1, -0.05) is 6.92 Å². The Bertz CT molecular complexity index is 370. The summed E-state index contributed by atoms with van der Waals surface area (Å²) in [6.07, 6.45) is 0.831. The molecule has 0 aliphatic rings. The zero-order chi connectivity index (χ0) is 12.3. The Labute approximate surface area is 96.2 Å². The average molecular weight is 224 g/mol. The zero-order valence-electron chi connectivity index (χ0n) is 10.4. The maximum Gasteiger partial charge on any atom is 0.271 e. The molecule has 90 valence electrons. The van der Waals surface area contributed by atoms with Gasteiger partial charge in [-0.05, 0) is 19.4 Å². The summed E-state index contributed by atoms with van der Waals surface area (Å²) in [7, 11) is 3.54. The molecule has 1 heterocycles. The molecule has 5 heteroatoms. The number of rotatable bonds is 4. The Balaban J connectivity index is 2.83. The van der Waals surface area contributed by atoms with E-state index in [0.29, 0.717) is 12.2 Å². The minimum absolute atomic E-state index is 0.0205. The Morgan fingerprint density at radius 1 is 1.69 bits per heavy atom. The lowest BCUT2D eigenvalue weighted by Gasteiger charge is -2.18. The van der Waals surface area contributed by atoms with Gasteiger partial charge in [-0.25, -0.2) is 0 Å². The van der Waals surface area contributed by atoms with Gasteiger partial charge in [-0.15, -0.1) is 0 Å². The molecule has 5 nitrogen and oxygen atoms in total. The van der Waals surface area contributed by atoms with E-state index >= 15 is 0 Å². The van der Waals surface area contributed by atoms with Crippen molar-refractivity contribution in [3.05, 3.63) is 17.5 Å². The van der Waals surface area contributed by atoms with Gasteiger partial charge in [0, 0.05) is 26.7 Å². The third-order valence-electron chi connectivity index (χ3n) is 2.42. The van der Waals surface area contributed by atoms with Crippen LogP contribution in [0.15, 0.2) is 6.07 Å². The molecule has 0 saturated carbocycles. The number of aromatic nitrogens is 2. The first-order chi connectivity index (χ1) is 7.45. The van der Waals surface area contributed by atoms with E-state index in [0.717, 1.165) is 12.1 Å². The van der Waals surface area contributed by atoms with Crippen LogP contribution < -0.4 is 5.73 Å². The normalized spacial score (nSPS) is 12.6. The van der Waals surface area contributed by atoms with Gasteiger partial charge in [0.05, 0.1) is 5.69 Å². The lowest BCUT2D eigenvalue weighted by atomic mass is 10.2. The Morgan fingerprint density at radius 3 is 2.75 bits per heavy atom. The Hall–Kier alpha value is -1.36. The summed E-state index contributed by atoms with van der Waals surface area (Å²) in [6.45, 7) is 4.44. The second-order valence-corrected chi connectivity index (χ2v) is 4.16. The molecule has 1 unspecified atom stereocenters. The number of hydrogen-bond acceptors (Lipinski definition) is 3. The minimum Gasteiger partial charge on any atom is -0.339 e. The highest BCUT2D eigenvalue weighted by molar-refractivity contribution is 5.92. The summed E-state index contributed by atoms with van der Waals surface area (Å²) in [5.41, 5.74) is 7.20. The van der Waals surface area contributed by atoms with Gasteiger partial charge in [0.2, 0.25) is 0 Å². The van der Waals surface area contributed by atoms with Gasteiger partial charge in [0.25, 0.3) is 5.91 Å². The third kappa shape index (κ3) is 2.82. The minimum atomic E-state index is -0.0352. The number of likely N-dealkylation sites (N-methyl/N-ethyl adjacent to an activating group) is 1. The van der Waals surface area contributed by atoms with Crippen LogP contribution in [0.1, 0.15) is 30.0 Å². The molecule has 1 aromatic heterocycles. The maximum atomic E-state index is 12.0. The molecule has 1 rings (SSSR count). The summed E-state index contributed by atoms with van der Waals surface area (Å²) in [6, 6.07) is 1.81. The topological polar surface area (TPSA) is 64.2 Å². The van der Waals surface area contributed by atoms with E-state index in [1.807, 2.05) is 19.9 Å². The van der Waals surface area contributed by atoms with Gasteiger partial charge in [0.1, 0.15) is 5.69 Å². The molecule has 1 aromatic rings. The molecule has 16 heavy (non-hydrogen) atoms. The van der Waals surface area contributed by atoms with Crippen molar-refractivity contribution >= 4 is 5.91 Å². The number of carbonyl (C=O) groups is 1. The van der Waals surface area contributed by atoms with Crippen LogP contribution in [-0.4, -0.2) is 40.2 Å². The van der Waals surface area contributed by atoms with Crippen molar-refractivity contribution < 1.29 is 4.79 Å². The standard InChI is InChI=1S/C11H20N4O/c1-5-9-6-10(15(4)13-9)11(16)14(3)7-8(2)12/h6,8H,5,7,12H2,1-4H3. The zero-order valence-corrected chi connectivity index (χ0v) is 10.4. The van der Waals surface area contributed by atoms with E-state index in [-0.39, 0.29) is 11.9 Å². The fourth-order valence-electron chi connectivity index (χ4n) is 1.61. The van der Waals surface area contributed by atoms with Crippen molar-refractivity contribution in [3.63, 3.8) is 0 Å². The third-order valence-corrected chi connectivity index (χ3v) is 2.42. The van der Waals surface area contributed by atoms with Gasteiger partial charge >= 0.3 is 0 Å². The lowest BCUT2D eigenvalue weighted by molar-refractivity contribution is 0.0778. The van der Waals surface area contributed by atoms with Crippen LogP contribution in [0.25, 0.3) is 0 Å². The molecular weight excluding hydrogens is 204 g/mol. The van der Waals surface area contributed by atoms with Gasteiger partial charge in [-0.3, -0.25) is 9.48 Å². The summed E-state index contributed by atoms with van der Waals surface area (Å²) < 4.78 is 1.62. The van der Waals surface area contributed by atoms with E-state index in [2.05, 4.69) is 5.10 Å². The molecule has 0 aliphatic heterocycles. The molecule has 0 fully saturated rings. The van der Waals surface area contributed by atoms with E-state index in [1.165, 1.54) is 0 Å². The molecule has 0 aromatic carbocycles. The molecular formula is C11H20N4O. The van der Waals surface area contributed by atoms with E-state index in [1.54, 1.807) is 23.7 Å². The highest BCUT2D eigenvalue weighted by Gasteiger charge is 2.17. The number of carbonyl (C=O) groups excluding carboxylic acids is 1. The van der Waals surface area contributed by atoms with Crippen LogP contribution >= 0.6 is 0 Å².